The molecule has 0 unspecified atom stereocenters. The van der Waals surface area contributed by atoms with E-state index in [4.69, 9.17) is 4.98 Å². The average Bonchev–Trinajstić information content (AvgIpc) is 3.01. The van der Waals surface area contributed by atoms with Crippen molar-refractivity contribution >= 4 is 15.5 Å². The first-order valence-electron chi connectivity index (χ1n) is 7.87. The lowest BCUT2D eigenvalue weighted by Crippen LogP contribution is -1.97. The lowest BCUT2D eigenvalue weighted by atomic mass is 10.1. The topological polar surface area (TPSA) is 51.4 Å². The predicted molar refractivity (Wildman–Crippen MR) is 99.2 cm³/mol. The van der Waals surface area contributed by atoms with Crippen molar-refractivity contribution in [3.05, 3.63) is 79.0 Å². The van der Waals surface area contributed by atoms with E-state index in [1.165, 1.54) is 6.26 Å². The zero-order valence-electron chi connectivity index (χ0n) is 13.6. The third-order valence-corrected chi connectivity index (χ3v) is 5.26. The standard InChI is InChI=1S/C20H16N2O2S/c1-25(23,24)17-12-10-16(11-13-17)20-19(15-7-3-2-4-8-15)21-18-9-5-6-14-22(18)20/h2-14H,1H3. The molecule has 0 saturated carbocycles. The highest BCUT2D eigenvalue weighted by molar-refractivity contribution is 7.90. The molecule has 124 valence electrons. The van der Waals surface area contributed by atoms with Crippen molar-refractivity contribution < 1.29 is 8.42 Å². The van der Waals surface area contributed by atoms with Gasteiger partial charge in [-0.05, 0) is 24.3 Å². The van der Waals surface area contributed by atoms with Crippen molar-refractivity contribution in [3.8, 4) is 22.5 Å². The summed E-state index contributed by atoms with van der Waals surface area (Å²) in [6.45, 7) is 0. The fourth-order valence-electron chi connectivity index (χ4n) is 2.93. The van der Waals surface area contributed by atoms with Crippen molar-refractivity contribution in [1.82, 2.24) is 9.38 Å². The molecule has 0 N–H and O–H groups in total. The van der Waals surface area contributed by atoms with E-state index in [1.807, 2.05) is 71.3 Å². The minimum absolute atomic E-state index is 0.311. The maximum atomic E-state index is 11.7. The molecule has 0 amide bonds. The van der Waals surface area contributed by atoms with E-state index in [-0.39, 0.29) is 0 Å². The van der Waals surface area contributed by atoms with Gasteiger partial charge in [0.2, 0.25) is 0 Å². The Morgan fingerprint density at radius 2 is 1.48 bits per heavy atom. The molecule has 25 heavy (non-hydrogen) atoms. The van der Waals surface area contributed by atoms with Crippen LogP contribution in [-0.2, 0) is 9.84 Å². The highest BCUT2D eigenvalue weighted by atomic mass is 32.2. The highest BCUT2D eigenvalue weighted by Crippen LogP contribution is 2.33. The fourth-order valence-corrected chi connectivity index (χ4v) is 3.56. The third-order valence-electron chi connectivity index (χ3n) is 4.13. The second-order valence-corrected chi connectivity index (χ2v) is 7.92. The molecule has 2 aromatic carbocycles. The molecular weight excluding hydrogens is 332 g/mol. The van der Waals surface area contributed by atoms with Crippen LogP contribution >= 0.6 is 0 Å². The van der Waals surface area contributed by atoms with E-state index in [9.17, 15) is 8.42 Å². The van der Waals surface area contributed by atoms with Gasteiger partial charge in [-0.15, -0.1) is 0 Å². The molecule has 0 aliphatic heterocycles. The molecule has 2 aromatic heterocycles. The molecule has 5 heteroatoms. The van der Waals surface area contributed by atoms with Crippen LogP contribution < -0.4 is 0 Å². The van der Waals surface area contributed by atoms with Gasteiger partial charge >= 0.3 is 0 Å². The van der Waals surface area contributed by atoms with Crippen LogP contribution in [0.4, 0.5) is 0 Å². The molecule has 2 heterocycles. The van der Waals surface area contributed by atoms with E-state index < -0.39 is 9.84 Å². The Labute approximate surface area is 146 Å². The summed E-state index contributed by atoms with van der Waals surface area (Å²) in [4.78, 5) is 5.09. The number of aromatic nitrogens is 2. The Kier molecular flexibility index (Phi) is 3.66. The SMILES string of the molecule is CS(=O)(=O)c1ccc(-c2c(-c3ccccc3)nc3ccccn23)cc1. The van der Waals surface area contributed by atoms with E-state index >= 15 is 0 Å². The Balaban J connectivity index is 1.97. The lowest BCUT2D eigenvalue weighted by Gasteiger charge is -2.07. The molecular formula is C20H16N2O2S. The monoisotopic (exact) mass is 348 g/mol. The number of pyridine rings is 1. The van der Waals surface area contributed by atoms with Crippen LogP contribution in [0.2, 0.25) is 0 Å². The molecule has 0 atom stereocenters. The van der Waals surface area contributed by atoms with Gasteiger partial charge in [-0.3, -0.25) is 4.40 Å². The van der Waals surface area contributed by atoms with Crippen molar-refractivity contribution in [2.24, 2.45) is 0 Å². The summed E-state index contributed by atoms with van der Waals surface area (Å²) < 4.78 is 25.5. The number of rotatable bonds is 3. The smallest absolute Gasteiger partial charge is 0.175 e. The largest absolute Gasteiger partial charge is 0.299 e. The first-order chi connectivity index (χ1) is 12.0. The van der Waals surface area contributed by atoms with Crippen LogP contribution in [0.3, 0.4) is 0 Å². The van der Waals surface area contributed by atoms with Crippen LogP contribution in [-0.4, -0.2) is 24.1 Å². The van der Waals surface area contributed by atoms with Crippen LogP contribution in [0.5, 0.6) is 0 Å². The predicted octanol–water partition coefficient (Wildman–Crippen LogP) is 4.07. The van der Waals surface area contributed by atoms with Crippen LogP contribution in [0, 0.1) is 0 Å². The van der Waals surface area contributed by atoms with Gasteiger partial charge in [0.15, 0.2) is 9.84 Å². The van der Waals surface area contributed by atoms with Gasteiger partial charge in [0.1, 0.15) is 5.65 Å². The van der Waals surface area contributed by atoms with Crippen molar-refractivity contribution in [2.75, 3.05) is 6.26 Å². The number of sulfone groups is 1. The van der Waals surface area contributed by atoms with Gasteiger partial charge in [-0.2, -0.15) is 0 Å². The van der Waals surface area contributed by atoms with Crippen molar-refractivity contribution in [1.29, 1.82) is 0 Å². The zero-order chi connectivity index (χ0) is 17.4. The number of nitrogens with zero attached hydrogens (tertiary/aromatic N) is 2. The lowest BCUT2D eigenvalue weighted by molar-refractivity contribution is 0.602. The van der Waals surface area contributed by atoms with Gasteiger partial charge in [-0.25, -0.2) is 13.4 Å². The summed E-state index contributed by atoms with van der Waals surface area (Å²) >= 11 is 0. The summed E-state index contributed by atoms with van der Waals surface area (Å²) in [6, 6.07) is 22.8. The quantitative estimate of drug-likeness (QED) is 0.561. The van der Waals surface area contributed by atoms with Gasteiger partial charge in [0.05, 0.1) is 16.3 Å². The second kappa shape index (κ2) is 5.86. The van der Waals surface area contributed by atoms with Crippen molar-refractivity contribution in [3.63, 3.8) is 0 Å². The summed E-state index contributed by atoms with van der Waals surface area (Å²) in [6.07, 6.45) is 3.18. The first-order valence-corrected chi connectivity index (χ1v) is 9.76. The second-order valence-electron chi connectivity index (χ2n) is 5.90. The van der Waals surface area contributed by atoms with E-state index in [1.54, 1.807) is 12.1 Å². The van der Waals surface area contributed by atoms with Gasteiger partial charge < -0.3 is 0 Å². The Morgan fingerprint density at radius 3 is 2.16 bits per heavy atom. The minimum atomic E-state index is -3.22. The van der Waals surface area contributed by atoms with Crippen LogP contribution in [0.15, 0.2) is 83.9 Å². The Hall–Kier alpha value is -2.92. The molecule has 0 saturated heterocycles. The number of imidazole rings is 1. The summed E-state index contributed by atoms with van der Waals surface area (Å²) in [5, 5.41) is 0. The molecule has 0 spiro atoms. The maximum absolute atomic E-state index is 11.7. The molecule has 0 aliphatic rings. The number of benzene rings is 2. The molecule has 0 bridgehead atoms. The summed E-state index contributed by atoms with van der Waals surface area (Å²) in [5.74, 6) is 0. The molecule has 0 fully saturated rings. The molecule has 4 nitrogen and oxygen atoms in total. The van der Waals surface area contributed by atoms with E-state index in [2.05, 4.69) is 0 Å². The minimum Gasteiger partial charge on any atom is -0.299 e. The fraction of sp³-hybridized carbons (Fsp3) is 0.0500. The van der Waals surface area contributed by atoms with Crippen molar-refractivity contribution in [2.45, 2.75) is 4.90 Å². The van der Waals surface area contributed by atoms with Crippen LogP contribution in [0.1, 0.15) is 0 Å². The average molecular weight is 348 g/mol. The zero-order valence-corrected chi connectivity index (χ0v) is 14.4. The molecule has 0 radical (unpaired) electrons. The Morgan fingerprint density at radius 1 is 0.800 bits per heavy atom. The van der Waals surface area contributed by atoms with E-state index in [0.717, 1.165) is 28.2 Å². The molecule has 4 rings (SSSR count). The van der Waals surface area contributed by atoms with Gasteiger partial charge in [-0.1, -0.05) is 48.5 Å². The van der Waals surface area contributed by atoms with Gasteiger partial charge in [0, 0.05) is 23.6 Å². The summed E-state index contributed by atoms with van der Waals surface area (Å²) in [5.41, 5.74) is 4.61. The van der Waals surface area contributed by atoms with Crippen LogP contribution in [0.25, 0.3) is 28.2 Å². The van der Waals surface area contributed by atoms with Gasteiger partial charge in [0.25, 0.3) is 0 Å². The molecule has 0 aliphatic carbocycles. The number of hydrogen-bond acceptors (Lipinski definition) is 3. The normalized spacial score (nSPS) is 11.7. The molecule has 4 aromatic rings. The first kappa shape index (κ1) is 15.6. The third kappa shape index (κ3) is 2.83. The maximum Gasteiger partial charge on any atom is 0.175 e. The summed E-state index contributed by atoms with van der Waals surface area (Å²) in [7, 11) is -3.22. The number of fused-ring (bicyclic) bond motifs is 1. The highest BCUT2D eigenvalue weighted by Gasteiger charge is 2.16. The van der Waals surface area contributed by atoms with E-state index in [0.29, 0.717) is 4.90 Å². The number of hydrogen-bond donors (Lipinski definition) is 0. The Bertz CT molecular complexity index is 1150.